The Bertz CT molecular complexity index is 1200. The summed E-state index contributed by atoms with van der Waals surface area (Å²) in [6.45, 7) is 0.661. The quantitative estimate of drug-likeness (QED) is 0.636. The van der Waals surface area contributed by atoms with Crippen LogP contribution in [0.15, 0.2) is 71.6 Å². The lowest BCUT2D eigenvalue weighted by atomic mass is 10.1. The van der Waals surface area contributed by atoms with Crippen molar-refractivity contribution in [2.24, 2.45) is 0 Å². The first kappa shape index (κ1) is 21.3. The Hall–Kier alpha value is -2.97. The number of nitrogens with one attached hydrogen (secondary N) is 1. The van der Waals surface area contributed by atoms with E-state index >= 15 is 0 Å². The van der Waals surface area contributed by atoms with Crippen molar-refractivity contribution in [2.45, 2.75) is 23.8 Å². The molecule has 1 aliphatic heterocycles. The van der Waals surface area contributed by atoms with Gasteiger partial charge in [-0.15, -0.1) is 0 Å². The largest absolute Gasteiger partial charge is 0.484 e. The molecular weight excluding hydrogens is 419 g/mol. The molecule has 1 heterocycles. The monoisotopic (exact) mass is 442 g/mol. The van der Waals surface area contributed by atoms with Gasteiger partial charge in [0.05, 0.1) is 4.90 Å². The van der Waals surface area contributed by atoms with E-state index in [0.717, 1.165) is 16.8 Å². The number of hydrogen-bond donors (Lipinski definition) is 1. The number of carbonyl (C=O) groups is 1. The van der Waals surface area contributed by atoms with Crippen molar-refractivity contribution >= 4 is 26.7 Å². The van der Waals surface area contributed by atoms with Gasteiger partial charge in [0.2, 0.25) is 10.0 Å². The maximum atomic E-state index is 13.4. The summed E-state index contributed by atoms with van der Waals surface area (Å²) in [5.41, 5.74) is 0. The highest BCUT2D eigenvalue weighted by Gasteiger charge is 2.28. The van der Waals surface area contributed by atoms with Crippen LogP contribution in [0, 0.1) is 5.82 Å². The second-order valence-corrected chi connectivity index (χ2v) is 9.27. The second kappa shape index (κ2) is 9.03. The molecule has 0 aromatic heterocycles. The number of amides is 1. The minimum Gasteiger partial charge on any atom is -0.484 e. The van der Waals surface area contributed by atoms with Crippen molar-refractivity contribution in [1.82, 2.24) is 9.62 Å². The molecule has 6 nitrogen and oxygen atoms in total. The van der Waals surface area contributed by atoms with Gasteiger partial charge in [-0.05, 0) is 53.9 Å². The minimum atomic E-state index is -3.87. The second-order valence-electron chi connectivity index (χ2n) is 7.56. The summed E-state index contributed by atoms with van der Waals surface area (Å²) in [5, 5.41) is 2.11. The van der Waals surface area contributed by atoms with Crippen LogP contribution in [0.4, 0.5) is 4.39 Å². The molecule has 162 valence electrons. The molecule has 8 heteroatoms. The third kappa shape index (κ3) is 5.21. The lowest BCUT2D eigenvalue weighted by Gasteiger charge is -2.33. The van der Waals surface area contributed by atoms with E-state index in [4.69, 9.17) is 4.74 Å². The molecule has 1 aliphatic rings. The number of fused-ring (bicyclic) bond motifs is 1. The average molecular weight is 443 g/mol. The number of likely N-dealkylation sites (tertiary alicyclic amines) is 1. The minimum absolute atomic E-state index is 0.123. The van der Waals surface area contributed by atoms with E-state index < -0.39 is 21.9 Å². The maximum Gasteiger partial charge on any atom is 0.260 e. The Morgan fingerprint density at radius 2 is 1.87 bits per heavy atom. The van der Waals surface area contributed by atoms with Gasteiger partial charge >= 0.3 is 0 Å². The third-order valence-electron chi connectivity index (χ3n) is 5.29. The summed E-state index contributed by atoms with van der Waals surface area (Å²) in [7, 11) is -3.87. The van der Waals surface area contributed by atoms with Crippen LogP contribution < -0.4 is 9.46 Å². The first-order valence-electron chi connectivity index (χ1n) is 10.1. The van der Waals surface area contributed by atoms with E-state index in [1.807, 2.05) is 42.5 Å². The summed E-state index contributed by atoms with van der Waals surface area (Å²) in [4.78, 5) is 14.1. The number of carbonyl (C=O) groups excluding carboxylic acids is 1. The highest BCUT2D eigenvalue weighted by molar-refractivity contribution is 7.89. The Kier molecular flexibility index (Phi) is 6.20. The molecule has 1 unspecified atom stereocenters. The fourth-order valence-electron chi connectivity index (χ4n) is 3.72. The Balaban J connectivity index is 1.35. The van der Waals surface area contributed by atoms with Gasteiger partial charge in [-0.3, -0.25) is 4.79 Å². The van der Waals surface area contributed by atoms with Crippen molar-refractivity contribution in [3.05, 3.63) is 72.5 Å². The van der Waals surface area contributed by atoms with Crippen LogP contribution in [0.2, 0.25) is 0 Å². The fraction of sp³-hybridized carbons (Fsp3) is 0.261. The molecule has 1 saturated heterocycles. The van der Waals surface area contributed by atoms with Crippen molar-refractivity contribution in [2.75, 3.05) is 19.7 Å². The molecule has 31 heavy (non-hydrogen) atoms. The normalized spacial score (nSPS) is 16.9. The number of piperidine rings is 1. The molecule has 0 aliphatic carbocycles. The lowest BCUT2D eigenvalue weighted by Crippen LogP contribution is -2.50. The van der Waals surface area contributed by atoms with Crippen molar-refractivity contribution in [1.29, 1.82) is 0 Å². The molecule has 1 amide bonds. The highest BCUT2D eigenvalue weighted by atomic mass is 32.2. The zero-order valence-corrected chi connectivity index (χ0v) is 17.6. The van der Waals surface area contributed by atoms with Gasteiger partial charge in [-0.1, -0.05) is 36.4 Å². The number of halogens is 1. The summed E-state index contributed by atoms with van der Waals surface area (Å²) >= 11 is 0. The number of rotatable bonds is 6. The average Bonchev–Trinajstić information content (AvgIpc) is 2.77. The first-order chi connectivity index (χ1) is 14.9. The number of hydrogen-bond acceptors (Lipinski definition) is 4. The maximum absolute atomic E-state index is 13.4. The topological polar surface area (TPSA) is 75.7 Å². The molecule has 4 rings (SSSR count). The Morgan fingerprint density at radius 3 is 2.68 bits per heavy atom. The van der Waals surface area contributed by atoms with E-state index in [1.165, 1.54) is 18.2 Å². The predicted octanol–water partition coefficient (Wildman–Crippen LogP) is 3.33. The van der Waals surface area contributed by atoms with Crippen LogP contribution >= 0.6 is 0 Å². The summed E-state index contributed by atoms with van der Waals surface area (Å²) < 4.78 is 46.7. The standard InChI is InChI=1S/C23H23FN2O4S/c24-19-7-3-9-22(14-19)31(28,29)25-20-8-4-12-26(15-20)23(27)16-30-21-11-10-17-5-1-2-6-18(17)13-21/h1-3,5-7,9-11,13-14,20,25H,4,8,12,15-16H2. The number of sulfonamides is 1. The third-order valence-corrected chi connectivity index (χ3v) is 6.80. The van der Waals surface area contributed by atoms with E-state index in [0.29, 0.717) is 25.1 Å². The highest BCUT2D eigenvalue weighted by Crippen LogP contribution is 2.21. The van der Waals surface area contributed by atoms with Gasteiger partial charge in [0.25, 0.3) is 5.91 Å². The fourth-order valence-corrected chi connectivity index (χ4v) is 5.01. The van der Waals surface area contributed by atoms with E-state index in [1.54, 1.807) is 4.90 Å². The van der Waals surface area contributed by atoms with Gasteiger partial charge in [-0.25, -0.2) is 17.5 Å². The number of ether oxygens (including phenoxy) is 1. The predicted molar refractivity (Wildman–Crippen MR) is 116 cm³/mol. The van der Waals surface area contributed by atoms with Gasteiger partial charge < -0.3 is 9.64 Å². The zero-order valence-electron chi connectivity index (χ0n) is 16.8. The molecule has 3 aromatic rings. The Morgan fingerprint density at radius 1 is 1.06 bits per heavy atom. The molecule has 1 atom stereocenters. The van der Waals surface area contributed by atoms with E-state index in [-0.39, 0.29) is 24.0 Å². The van der Waals surface area contributed by atoms with E-state index in [9.17, 15) is 17.6 Å². The summed E-state index contributed by atoms with van der Waals surface area (Å²) in [5.74, 6) is -0.218. The number of nitrogens with zero attached hydrogens (tertiary/aromatic N) is 1. The van der Waals surface area contributed by atoms with Crippen molar-refractivity contribution < 1.29 is 22.3 Å². The van der Waals surface area contributed by atoms with Gasteiger partial charge in [0.15, 0.2) is 6.61 Å². The van der Waals surface area contributed by atoms with Crippen LogP contribution in [0.5, 0.6) is 5.75 Å². The molecule has 0 radical (unpaired) electrons. The van der Waals surface area contributed by atoms with Crippen molar-refractivity contribution in [3.8, 4) is 5.75 Å². The molecule has 0 spiro atoms. The molecule has 1 N–H and O–H groups in total. The molecule has 1 fully saturated rings. The van der Waals surface area contributed by atoms with E-state index in [2.05, 4.69) is 4.72 Å². The van der Waals surface area contributed by atoms with Crippen LogP contribution in [0.1, 0.15) is 12.8 Å². The smallest absolute Gasteiger partial charge is 0.260 e. The van der Waals surface area contributed by atoms with Crippen molar-refractivity contribution in [3.63, 3.8) is 0 Å². The van der Waals surface area contributed by atoms with Gasteiger partial charge in [0.1, 0.15) is 11.6 Å². The molecule has 3 aromatic carbocycles. The Labute approximate surface area is 180 Å². The zero-order chi connectivity index (χ0) is 21.8. The number of benzene rings is 3. The SMILES string of the molecule is O=C(COc1ccc2ccccc2c1)N1CCCC(NS(=O)(=O)c2cccc(F)c2)C1. The van der Waals surface area contributed by atoms with Crippen LogP contribution in [0.3, 0.4) is 0 Å². The first-order valence-corrected chi connectivity index (χ1v) is 11.6. The lowest BCUT2D eigenvalue weighted by molar-refractivity contribution is -0.134. The molecule has 0 bridgehead atoms. The summed E-state index contributed by atoms with van der Waals surface area (Å²) in [6, 6.07) is 17.9. The molecule has 0 saturated carbocycles. The van der Waals surface area contributed by atoms with Gasteiger partial charge in [-0.2, -0.15) is 0 Å². The van der Waals surface area contributed by atoms with Crippen LogP contribution in [0.25, 0.3) is 10.8 Å². The summed E-state index contributed by atoms with van der Waals surface area (Å²) in [6.07, 6.45) is 1.27. The van der Waals surface area contributed by atoms with Gasteiger partial charge in [0, 0.05) is 19.1 Å². The molecular formula is C23H23FN2O4S. The van der Waals surface area contributed by atoms with Crippen LogP contribution in [-0.2, 0) is 14.8 Å². The van der Waals surface area contributed by atoms with Crippen LogP contribution in [-0.4, -0.2) is 45.0 Å².